The number of aryl methyl sites for hydroxylation is 2. The van der Waals surface area contributed by atoms with E-state index in [1.165, 1.54) is 16.5 Å². The summed E-state index contributed by atoms with van der Waals surface area (Å²) in [6.45, 7) is 4.97. The van der Waals surface area contributed by atoms with Gasteiger partial charge in [-0.1, -0.05) is 42.0 Å². The first-order valence-corrected chi connectivity index (χ1v) is 6.88. The molecular formula is C18H18ClN2-. The number of hydrogen-bond donors (Lipinski definition) is 1. The van der Waals surface area contributed by atoms with Crippen LogP contribution in [0.1, 0.15) is 16.8 Å². The second-order valence-electron chi connectivity index (χ2n) is 5.17. The Labute approximate surface area is 131 Å². The average Bonchev–Trinajstić information content (AvgIpc) is 2.46. The van der Waals surface area contributed by atoms with Gasteiger partial charge in [0.05, 0.1) is 5.52 Å². The molecule has 0 aliphatic heterocycles. The van der Waals surface area contributed by atoms with E-state index in [0.717, 1.165) is 23.4 Å². The van der Waals surface area contributed by atoms with Crippen molar-refractivity contribution in [3.05, 3.63) is 71.4 Å². The summed E-state index contributed by atoms with van der Waals surface area (Å²) in [6, 6.07) is 18.9. The van der Waals surface area contributed by atoms with E-state index >= 15 is 0 Å². The maximum Gasteiger partial charge on any atom is 0.0726 e. The van der Waals surface area contributed by atoms with Gasteiger partial charge < -0.3 is 17.7 Å². The summed E-state index contributed by atoms with van der Waals surface area (Å²) in [5.74, 6) is 0. The normalized spacial score (nSPS) is 10.2. The van der Waals surface area contributed by atoms with Crippen LogP contribution in [0.5, 0.6) is 0 Å². The van der Waals surface area contributed by atoms with Crippen molar-refractivity contribution in [1.82, 2.24) is 4.98 Å². The largest absolute Gasteiger partial charge is 1.00 e. The summed E-state index contributed by atoms with van der Waals surface area (Å²) in [5.41, 5.74) is 5.77. The predicted octanol–water partition coefficient (Wildman–Crippen LogP) is 1.47. The van der Waals surface area contributed by atoms with Crippen LogP contribution in [-0.2, 0) is 6.54 Å². The molecule has 1 aromatic heterocycles. The molecule has 0 unspecified atom stereocenters. The summed E-state index contributed by atoms with van der Waals surface area (Å²) in [5, 5.41) is 4.72. The standard InChI is InChI=1S/C18H18N2.ClH/c1-13-8-9-17-16(10-13)18(11-14(2)20-17)19-12-15-6-4-3-5-7-15;/h3-11H,12H2,1-2H3,(H,19,20);1H/p-1. The molecule has 0 spiro atoms. The van der Waals surface area contributed by atoms with E-state index < -0.39 is 0 Å². The molecule has 0 bridgehead atoms. The maximum absolute atomic E-state index is 4.59. The Kier molecular flexibility index (Phi) is 4.81. The lowest BCUT2D eigenvalue weighted by molar-refractivity contribution is -0.00000420. The number of anilines is 1. The van der Waals surface area contributed by atoms with E-state index in [4.69, 9.17) is 0 Å². The van der Waals surface area contributed by atoms with Crippen molar-refractivity contribution in [2.45, 2.75) is 20.4 Å². The molecule has 2 nitrogen and oxygen atoms in total. The fraction of sp³-hybridized carbons (Fsp3) is 0.167. The Morgan fingerprint density at radius 1 is 0.952 bits per heavy atom. The smallest absolute Gasteiger partial charge is 0.0726 e. The first-order chi connectivity index (χ1) is 9.72. The molecule has 2 aromatic carbocycles. The minimum atomic E-state index is 0. The zero-order valence-corrected chi connectivity index (χ0v) is 13.0. The molecule has 3 heteroatoms. The van der Waals surface area contributed by atoms with Crippen molar-refractivity contribution in [3.63, 3.8) is 0 Å². The number of hydrogen-bond acceptors (Lipinski definition) is 2. The summed E-state index contributed by atoms with van der Waals surface area (Å²) in [7, 11) is 0. The van der Waals surface area contributed by atoms with Crippen LogP contribution in [0, 0.1) is 13.8 Å². The number of aromatic nitrogens is 1. The minimum absolute atomic E-state index is 0. The van der Waals surface area contributed by atoms with Gasteiger partial charge in [-0.05, 0) is 37.6 Å². The van der Waals surface area contributed by atoms with E-state index in [-0.39, 0.29) is 12.4 Å². The molecule has 0 amide bonds. The molecule has 3 aromatic rings. The zero-order valence-electron chi connectivity index (χ0n) is 12.2. The van der Waals surface area contributed by atoms with Gasteiger partial charge in [0.25, 0.3) is 0 Å². The second-order valence-corrected chi connectivity index (χ2v) is 5.17. The molecule has 1 N–H and O–H groups in total. The summed E-state index contributed by atoms with van der Waals surface area (Å²) in [4.78, 5) is 4.59. The first-order valence-electron chi connectivity index (χ1n) is 6.88. The minimum Gasteiger partial charge on any atom is -1.00 e. The topological polar surface area (TPSA) is 24.9 Å². The number of nitrogens with one attached hydrogen (secondary N) is 1. The Morgan fingerprint density at radius 3 is 2.48 bits per heavy atom. The summed E-state index contributed by atoms with van der Waals surface area (Å²) < 4.78 is 0. The Hall–Kier alpha value is -2.06. The van der Waals surface area contributed by atoms with Gasteiger partial charge in [0, 0.05) is 23.3 Å². The maximum atomic E-state index is 4.59. The van der Waals surface area contributed by atoms with Crippen LogP contribution in [-0.4, -0.2) is 4.98 Å². The van der Waals surface area contributed by atoms with Gasteiger partial charge in [-0.25, -0.2) is 0 Å². The van der Waals surface area contributed by atoms with E-state index in [2.05, 4.69) is 65.8 Å². The lowest BCUT2D eigenvalue weighted by Gasteiger charge is -2.11. The zero-order chi connectivity index (χ0) is 13.9. The molecule has 0 fully saturated rings. The number of pyridine rings is 1. The second kappa shape index (κ2) is 6.59. The van der Waals surface area contributed by atoms with E-state index in [1.54, 1.807) is 0 Å². The fourth-order valence-corrected chi connectivity index (χ4v) is 2.41. The average molecular weight is 298 g/mol. The van der Waals surface area contributed by atoms with Crippen molar-refractivity contribution >= 4 is 16.6 Å². The lowest BCUT2D eigenvalue weighted by atomic mass is 10.1. The Bertz CT molecular complexity index is 739. The van der Waals surface area contributed by atoms with E-state index in [1.807, 2.05) is 13.0 Å². The van der Waals surface area contributed by atoms with Gasteiger partial charge in [0.15, 0.2) is 0 Å². The highest BCUT2D eigenvalue weighted by atomic mass is 35.5. The third kappa shape index (κ3) is 3.53. The number of nitrogens with zero attached hydrogens (tertiary/aromatic N) is 1. The molecule has 1 heterocycles. The molecule has 0 saturated carbocycles. The monoisotopic (exact) mass is 297 g/mol. The molecule has 3 rings (SSSR count). The van der Waals surface area contributed by atoms with Gasteiger partial charge in [0.2, 0.25) is 0 Å². The highest BCUT2D eigenvalue weighted by molar-refractivity contribution is 5.91. The molecule has 0 radical (unpaired) electrons. The molecule has 0 aliphatic rings. The third-order valence-electron chi connectivity index (χ3n) is 3.42. The van der Waals surface area contributed by atoms with Gasteiger partial charge >= 0.3 is 0 Å². The molecule has 0 aliphatic carbocycles. The van der Waals surface area contributed by atoms with Gasteiger partial charge in [-0.15, -0.1) is 0 Å². The Balaban J connectivity index is 0.00000161. The number of rotatable bonds is 3. The fourth-order valence-electron chi connectivity index (χ4n) is 2.41. The van der Waals surface area contributed by atoms with E-state index in [9.17, 15) is 0 Å². The summed E-state index contributed by atoms with van der Waals surface area (Å²) >= 11 is 0. The number of fused-ring (bicyclic) bond motifs is 1. The van der Waals surface area contributed by atoms with Crippen LogP contribution in [0.25, 0.3) is 10.9 Å². The number of benzene rings is 2. The first kappa shape index (κ1) is 15.3. The molecule has 108 valence electrons. The Morgan fingerprint density at radius 2 is 1.71 bits per heavy atom. The SMILES string of the molecule is Cc1ccc2nc(C)cc(NCc3ccccc3)c2c1.[Cl-]. The van der Waals surface area contributed by atoms with Crippen molar-refractivity contribution < 1.29 is 12.4 Å². The van der Waals surface area contributed by atoms with E-state index in [0.29, 0.717) is 0 Å². The highest BCUT2D eigenvalue weighted by Crippen LogP contribution is 2.24. The molecular weight excluding hydrogens is 280 g/mol. The van der Waals surface area contributed by atoms with Crippen molar-refractivity contribution in [2.75, 3.05) is 5.32 Å². The van der Waals surface area contributed by atoms with Crippen LogP contribution in [0.4, 0.5) is 5.69 Å². The molecule has 21 heavy (non-hydrogen) atoms. The van der Waals surface area contributed by atoms with Crippen LogP contribution >= 0.6 is 0 Å². The molecule has 0 atom stereocenters. The van der Waals surface area contributed by atoms with Crippen LogP contribution in [0.15, 0.2) is 54.6 Å². The summed E-state index contributed by atoms with van der Waals surface area (Å²) in [6.07, 6.45) is 0. The quantitative estimate of drug-likeness (QED) is 0.792. The number of halogens is 1. The predicted molar refractivity (Wildman–Crippen MR) is 85.0 cm³/mol. The van der Waals surface area contributed by atoms with Crippen LogP contribution in [0.3, 0.4) is 0 Å². The van der Waals surface area contributed by atoms with Crippen molar-refractivity contribution in [2.24, 2.45) is 0 Å². The molecule has 0 saturated heterocycles. The van der Waals surface area contributed by atoms with Crippen LogP contribution < -0.4 is 17.7 Å². The van der Waals surface area contributed by atoms with Crippen molar-refractivity contribution in [3.8, 4) is 0 Å². The lowest BCUT2D eigenvalue weighted by Crippen LogP contribution is -3.00. The van der Waals surface area contributed by atoms with Gasteiger partial charge in [-0.2, -0.15) is 0 Å². The van der Waals surface area contributed by atoms with Gasteiger partial charge in [0.1, 0.15) is 0 Å². The van der Waals surface area contributed by atoms with Crippen molar-refractivity contribution in [1.29, 1.82) is 0 Å². The van der Waals surface area contributed by atoms with Crippen LogP contribution in [0.2, 0.25) is 0 Å². The third-order valence-corrected chi connectivity index (χ3v) is 3.42. The highest BCUT2D eigenvalue weighted by Gasteiger charge is 2.04. The van der Waals surface area contributed by atoms with Gasteiger partial charge in [-0.3, -0.25) is 4.98 Å².